The molecule has 3 N–H and O–H groups in total. The van der Waals surface area contributed by atoms with E-state index in [0.717, 1.165) is 25.9 Å². The molecule has 1 fully saturated rings. The van der Waals surface area contributed by atoms with E-state index in [1.165, 1.54) is 0 Å². The van der Waals surface area contributed by atoms with Gasteiger partial charge in [-0.25, -0.2) is 13.1 Å². The van der Waals surface area contributed by atoms with Gasteiger partial charge in [0.25, 0.3) is 0 Å². The number of benzene rings is 1. The van der Waals surface area contributed by atoms with Gasteiger partial charge in [-0.15, -0.1) is 0 Å². The second kappa shape index (κ2) is 6.62. The van der Waals surface area contributed by atoms with Crippen LogP contribution in [0.25, 0.3) is 0 Å². The zero-order valence-electron chi connectivity index (χ0n) is 11.2. The number of hydrogen-bond acceptors (Lipinski definition) is 4. The average Bonchev–Trinajstić information content (AvgIpc) is 2.41. The van der Waals surface area contributed by atoms with E-state index >= 15 is 0 Å². The summed E-state index contributed by atoms with van der Waals surface area (Å²) in [5.74, 6) is 0. The van der Waals surface area contributed by atoms with Crippen molar-refractivity contribution in [3.63, 3.8) is 0 Å². The van der Waals surface area contributed by atoms with Gasteiger partial charge in [0.15, 0.2) is 0 Å². The molecule has 1 aromatic rings. The number of sulfonamides is 1. The topological polar surface area (TPSA) is 75.4 Å². The standard InChI is InChI=1S/C13H19N3O2S2/c14-13(19)10-16-8-6-11(7-9-16)15-20(17,18)12-4-2-1-3-5-12/h1-5,11,15H,6-10H2,(H2,14,19). The highest BCUT2D eigenvalue weighted by atomic mass is 32.2. The third-order valence-corrected chi connectivity index (χ3v) is 5.01. The van der Waals surface area contributed by atoms with Crippen LogP contribution in [0.5, 0.6) is 0 Å². The van der Waals surface area contributed by atoms with E-state index in [0.29, 0.717) is 16.4 Å². The highest BCUT2D eigenvalue weighted by molar-refractivity contribution is 7.89. The first-order valence-electron chi connectivity index (χ1n) is 6.55. The van der Waals surface area contributed by atoms with E-state index in [1.54, 1.807) is 30.3 Å². The van der Waals surface area contributed by atoms with E-state index in [1.807, 2.05) is 0 Å². The van der Waals surface area contributed by atoms with Crippen molar-refractivity contribution in [1.29, 1.82) is 0 Å². The lowest BCUT2D eigenvalue weighted by Crippen LogP contribution is -2.46. The van der Waals surface area contributed by atoms with Crippen molar-refractivity contribution in [3.8, 4) is 0 Å². The fraction of sp³-hybridized carbons (Fsp3) is 0.462. The summed E-state index contributed by atoms with van der Waals surface area (Å²) in [5, 5.41) is 0. The molecule has 110 valence electrons. The molecule has 5 nitrogen and oxygen atoms in total. The van der Waals surface area contributed by atoms with Gasteiger partial charge in [0.1, 0.15) is 0 Å². The van der Waals surface area contributed by atoms with E-state index in [4.69, 9.17) is 18.0 Å². The summed E-state index contributed by atoms with van der Waals surface area (Å²) in [6, 6.07) is 8.42. The van der Waals surface area contributed by atoms with Crippen molar-refractivity contribution in [3.05, 3.63) is 30.3 Å². The molecule has 0 spiro atoms. The Labute approximate surface area is 125 Å². The Morgan fingerprint density at radius 1 is 1.30 bits per heavy atom. The van der Waals surface area contributed by atoms with Crippen molar-refractivity contribution < 1.29 is 8.42 Å². The van der Waals surface area contributed by atoms with Gasteiger partial charge in [-0.3, -0.25) is 4.90 Å². The minimum absolute atomic E-state index is 0.0252. The lowest BCUT2D eigenvalue weighted by Gasteiger charge is -2.31. The molecule has 1 aliphatic rings. The number of likely N-dealkylation sites (tertiary alicyclic amines) is 1. The first-order valence-corrected chi connectivity index (χ1v) is 8.44. The minimum atomic E-state index is -3.42. The Morgan fingerprint density at radius 2 is 1.90 bits per heavy atom. The highest BCUT2D eigenvalue weighted by Crippen LogP contribution is 2.14. The SMILES string of the molecule is NC(=S)CN1CCC(NS(=O)(=O)c2ccccc2)CC1. The summed E-state index contributed by atoms with van der Waals surface area (Å²) in [7, 11) is -3.42. The molecule has 1 saturated heterocycles. The van der Waals surface area contributed by atoms with E-state index in [2.05, 4.69) is 9.62 Å². The number of thiocarbonyl (C=S) groups is 1. The summed E-state index contributed by atoms with van der Waals surface area (Å²) in [4.78, 5) is 2.94. The number of nitrogens with two attached hydrogens (primary N) is 1. The second-order valence-corrected chi connectivity index (χ2v) is 7.19. The minimum Gasteiger partial charge on any atom is -0.392 e. The molecule has 0 radical (unpaired) electrons. The zero-order chi connectivity index (χ0) is 14.6. The summed E-state index contributed by atoms with van der Waals surface area (Å²) >= 11 is 4.88. The Kier molecular flexibility index (Phi) is 5.09. The molecular formula is C13H19N3O2S2. The van der Waals surface area contributed by atoms with Crippen molar-refractivity contribution in [2.24, 2.45) is 5.73 Å². The van der Waals surface area contributed by atoms with Crippen molar-refractivity contribution in [1.82, 2.24) is 9.62 Å². The maximum Gasteiger partial charge on any atom is 0.240 e. The van der Waals surface area contributed by atoms with Gasteiger partial charge in [-0.05, 0) is 25.0 Å². The van der Waals surface area contributed by atoms with Crippen LogP contribution in [0.1, 0.15) is 12.8 Å². The quantitative estimate of drug-likeness (QED) is 0.783. The van der Waals surface area contributed by atoms with Gasteiger partial charge in [-0.1, -0.05) is 30.4 Å². The molecule has 2 rings (SSSR count). The summed E-state index contributed by atoms with van der Waals surface area (Å²) < 4.78 is 27.2. The molecule has 0 bridgehead atoms. The van der Waals surface area contributed by atoms with Gasteiger partial charge in [-0.2, -0.15) is 0 Å². The monoisotopic (exact) mass is 313 g/mol. The van der Waals surface area contributed by atoms with Crippen LogP contribution in [0, 0.1) is 0 Å². The van der Waals surface area contributed by atoms with Crippen LogP contribution < -0.4 is 10.5 Å². The van der Waals surface area contributed by atoms with Crippen LogP contribution >= 0.6 is 12.2 Å². The molecule has 1 aromatic carbocycles. The Balaban J connectivity index is 1.91. The lowest BCUT2D eigenvalue weighted by atomic mass is 10.1. The maximum absolute atomic E-state index is 12.2. The maximum atomic E-state index is 12.2. The molecule has 1 aliphatic heterocycles. The molecule has 0 amide bonds. The number of nitrogens with one attached hydrogen (secondary N) is 1. The van der Waals surface area contributed by atoms with Crippen LogP contribution in [0.4, 0.5) is 0 Å². The first-order chi connectivity index (χ1) is 9.47. The highest BCUT2D eigenvalue weighted by Gasteiger charge is 2.24. The second-order valence-electron chi connectivity index (χ2n) is 4.95. The van der Waals surface area contributed by atoms with Gasteiger partial charge >= 0.3 is 0 Å². The fourth-order valence-electron chi connectivity index (χ4n) is 2.32. The third kappa shape index (κ3) is 4.24. The van der Waals surface area contributed by atoms with E-state index in [-0.39, 0.29) is 6.04 Å². The smallest absolute Gasteiger partial charge is 0.240 e. The number of piperidine rings is 1. The predicted octanol–water partition coefficient (Wildman–Crippen LogP) is 0.715. The zero-order valence-corrected chi connectivity index (χ0v) is 12.8. The molecule has 1 heterocycles. The van der Waals surface area contributed by atoms with Crippen LogP contribution in [0.3, 0.4) is 0 Å². The molecule has 0 atom stereocenters. The number of hydrogen-bond donors (Lipinski definition) is 2. The van der Waals surface area contributed by atoms with Crippen molar-refractivity contribution in [2.45, 2.75) is 23.8 Å². The summed E-state index contributed by atoms with van der Waals surface area (Å²) in [6.07, 6.45) is 1.54. The first kappa shape index (κ1) is 15.4. The molecule has 0 unspecified atom stereocenters. The van der Waals surface area contributed by atoms with Crippen LogP contribution in [-0.4, -0.2) is 44.0 Å². The number of nitrogens with zero attached hydrogens (tertiary/aromatic N) is 1. The van der Waals surface area contributed by atoms with Gasteiger partial charge < -0.3 is 5.73 Å². The van der Waals surface area contributed by atoms with E-state index < -0.39 is 10.0 Å². The van der Waals surface area contributed by atoms with Gasteiger partial charge in [0, 0.05) is 25.7 Å². The fourth-order valence-corrected chi connectivity index (χ4v) is 3.83. The molecule has 0 aliphatic carbocycles. The average molecular weight is 313 g/mol. The normalized spacial score (nSPS) is 18.0. The molecule has 20 heavy (non-hydrogen) atoms. The molecule has 7 heteroatoms. The van der Waals surface area contributed by atoms with Crippen molar-refractivity contribution in [2.75, 3.05) is 19.6 Å². The summed E-state index contributed by atoms with van der Waals surface area (Å²) in [6.45, 7) is 2.21. The molecule has 0 aromatic heterocycles. The van der Waals surface area contributed by atoms with Crippen LogP contribution in [-0.2, 0) is 10.0 Å². The van der Waals surface area contributed by atoms with Gasteiger partial charge in [0.2, 0.25) is 10.0 Å². The Morgan fingerprint density at radius 3 is 2.45 bits per heavy atom. The Hall–Kier alpha value is -1.02. The van der Waals surface area contributed by atoms with Crippen LogP contribution in [0.2, 0.25) is 0 Å². The Bertz CT molecular complexity index is 552. The van der Waals surface area contributed by atoms with Gasteiger partial charge in [0.05, 0.1) is 9.88 Å². The number of rotatable bonds is 5. The largest absolute Gasteiger partial charge is 0.392 e. The lowest BCUT2D eigenvalue weighted by molar-refractivity contribution is 0.233. The van der Waals surface area contributed by atoms with Crippen LogP contribution in [0.15, 0.2) is 35.2 Å². The predicted molar refractivity (Wildman–Crippen MR) is 83.0 cm³/mol. The van der Waals surface area contributed by atoms with Crippen molar-refractivity contribution >= 4 is 27.2 Å². The molecular weight excluding hydrogens is 294 g/mol. The summed E-state index contributed by atoms with van der Waals surface area (Å²) in [5.41, 5.74) is 5.51. The molecule has 0 saturated carbocycles. The third-order valence-electron chi connectivity index (χ3n) is 3.34. The van der Waals surface area contributed by atoms with E-state index in [9.17, 15) is 8.42 Å².